The average Bonchev–Trinajstić information content (AvgIpc) is 2.71. The van der Waals surface area contributed by atoms with Gasteiger partial charge in [0.05, 0.1) is 0 Å². The summed E-state index contributed by atoms with van der Waals surface area (Å²) in [5.41, 5.74) is 2.41. The van der Waals surface area contributed by atoms with Crippen molar-refractivity contribution in [1.82, 2.24) is 10.2 Å². The lowest BCUT2D eigenvalue weighted by Crippen LogP contribution is -2.49. The van der Waals surface area contributed by atoms with Crippen molar-refractivity contribution in [3.05, 3.63) is 62.1 Å². The van der Waals surface area contributed by atoms with E-state index in [-0.39, 0.29) is 25.0 Å². The molecule has 0 aromatic heterocycles. The summed E-state index contributed by atoms with van der Waals surface area (Å²) in [6, 6.07) is 7.94. The number of benzene rings is 2. The van der Waals surface area contributed by atoms with Gasteiger partial charge in [-0.3, -0.25) is 9.59 Å². The van der Waals surface area contributed by atoms with Gasteiger partial charge >= 0.3 is 0 Å². The lowest BCUT2D eigenvalue weighted by molar-refractivity contribution is -0.142. The molecule has 0 aliphatic carbocycles. The zero-order chi connectivity index (χ0) is 22.4. The highest BCUT2D eigenvalue weighted by Gasteiger charge is 2.29. The van der Waals surface area contributed by atoms with Gasteiger partial charge in [0.2, 0.25) is 5.91 Å². The van der Waals surface area contributed by atoms with Crippen LogP contribution >= 0.6 is 34.8 Å². The van der Waals surface area contributed by atoms with Gasteiger partial charge in [0.25, 0.3) is 5.91 Å². The van der Waals surface area contributed by atoms with Gasteiger partial charge in [0.15, 0.2) is 6.61 Å². The molecule has 2 rings (SSSR count). The third kappa shape index (κ3) is 6.03. The summed E-state index contributed by atoms with van der Waals surface area (Å²) < 4.78 is 5.72. The molecule has 0 bridgehead atoms. The Balaban J connectivity index is 2.26. The summed E-state index contributed by atoms with van der Waals surface area (Å²) in [6.45, 7) is 5.52. The molecule has 2 aromatic rings. The SMILES string of the molecule is CC[C@@H](C(=O)NC)N(Cc1ccc(Cl)cc1Cl)C(=O)COc1cc(C)c(Cl)c(C)c1. The number of rotatable bonds is 8. The first-order valence-corrected chi connectivity index (χ1v) is 10.7. The second-order valence-electron chi connectivity index (χ2n) is 6.96. The fraction of sp³-hybridized carbons (Fsp3) is 0.364. The molecule has 2 amide bonds. The van der Waals surface area contributed by atoms with Crippen LogP contribution in [0.25, 0.3) is 0 Å². The molecule has 0 unspecified atom stereocenters. The first-order chi connectivity index (χ1) is 14.2. The van der Waals surface area contributed by atoms with Crippen molar-refractivity contribution in [3.63, 3.8) is 0 Å². The van der Waals surface area contributed by atoms with Gasteiger partial charge in [-0.1, -0.05) is 47.8 Å². The van der Waals surface area contributed by atoms with Crippen molar-refractivity contribution in [1.29, 1.82) is 0 Å². The second kappa shape index (κ2) is 10.9. The number of ether oxygens (including phenoxy) is 1. The first-order valence-electron chi connectivity index (χ1n) is 9.52. The van der Waals surface area contributed by atoms with Gasteiger partial charge in [-0.15, -0.1) is 0 Å². The molecule has 0 saturated heterocycles. The van der Waals surface area contributed by atoms with E-state index in [2.05, 4.69) is 5.32 Å². The fourth-order valence-electron chi connectivity index (χ4n) is 3.14. The van der Waals surface area contributed by atoms with E-state index >= 15 is 0 Å². The Hall–Kier alpha value is -1.95. The second-order valence-corrected chi connectivity index (χ2v) is 8.18. The van der Waals surface area contributed by atoms with E-state index in [1.54, 1.807) is 37.4 Å². The van der Waals surface area contributed by atoms with Gasteiger partial charge in [0.1, 0.15) is 11.8 Å². The summed E-state index contributed by atoms with van der Waals surface area (Å²) in [5.74, 6) is -0.0453. The van der Waals surface area contributed by atoms with Crippen LogP contribution in [0, 0.1) is 13.8 Å². The van der Waals surface area contributed by atoms with Crippen LogP contribution in [0.5, 0.6) is 5.75 Å². The van der Waals surface area contributed by atoms with Gasteiger partial charge in [0, 0.05) is 28.7 Å². The number of likely N-dealkylation sites (N-methyl/N-ethyl adjacent to an activating group) is 1. The number of nitrogens with one attached hydrogen (secondary N) is 1. The zero-order valence-corrected chi connectivity index (χ0v) is 19.7. The Morgan fingerprint density at radius 2 is 1.73 bits per heavy atom. The highest BCUT2D eigenvalue weighted by atomic mass is 35.5. The molecular formula is C22H25Cl3N2O3. The van der Waals surface area contributed by atoms with Crippen LogP contribution < -0.4 is 10.1 Å². The number of hydrogen-bond acceptors (Lipinski definition) is 3. The molecule has 2 aromatic carbocycles. The van der Waals surface area contributed by atoms with Crippen LogP contribution in [-0.4, -0.2) is 36.4 Å². The van der Waals surface area contributed by atoms with Gasteiger partial charge < -0.3 is 15.0 Å². The van der Waals surface area contributed by atoms with Gasteiger partial charge in [-0.25, -0.2) is 0 Å². The predicted octanol–water partition coefficient (Wildman–Crippen LogP) is 5.20. The number of aryl methyl sites for hydroxylation is 2. The minimum absolute atomic E-state index is 0.156. The third-order valence-electron chi connectivity index (χ3n) is 4.76. The Morgan fingerprint density at radius 1 is 1.10 bits per heavy atom. The van der Waals surface area contributed by atoms with E-state index in [0.29, 0.717) is 32.8 Å². The molecule has 1 N–H and O–H groups in total. The Morgan fingerprint density at radius 3 is 2.27 bits per heavy atom. The van der Waals surface area contributed by atoms with E-state index in [1.165, 1.54) is 4.90 Å². The Kier molecular flexibility index (Phi) is 8.83. The fourth-order valence-corrected chi connectivity index (χ4v) is 3.71. The monoisotopic (exact) mass is 470 g/mol. The number of hydrogen-bond donors (Lipinski definition) is 1. The van der Waals surface area contributed by atoms with Crippen molar-refractivity contribution < 1.29 is 14.3 Å². The van der Waals surface area contributed by atoms with Crippen molar-refractivity contribution in [3.8, 4) is 5.75 Å². The molecule has 5 nitrogen and oxygen atoms in total. The molecule has 0 heterocycles. The van der Waals surface area contributed by atoms with E-state index in [9.17, 15) is 9.59 Å². The van der Waals surface area contributed by atoms with Crippen LogP contribution in [0.3, 0.4) is 0 Å². The molecular weight excluding hydrogens is 447 g/mol. The normalized spacial score (nSPS) is 11.7. The summed E-state index contributed by atoms with van der Waals surface area (Å²) >= 11 is 18.5. The molecule has 162 valence electrons. The summed E-state index contributed by atoms with van der Waals surface area (Å²) in [6.07, 6.45) is 0.440. The molecule has 0 fully saturated rings. The molecule has 30 heavy (non-hydrogen) atoms. The molecule has 0 spiro atoms. The Bertz CT molecular complexity index is 911. The van der Waals surface area contributed by atoms with Crippen LogP contribution in [-0.2, 0) is 16.1 Å². The molecule has 0 aliphatic heterocycles. The zero-order valence-electron chi connectivity index (χ0n) is 17.4. The maximum atomic E-state index is 13.1. The molecule has 0 saturated carbocycles. The lowest BCUT2D eigenvalue weighted by Gasteiger charge is -2.30. The molecule has 8 heteroatoms. The van der Waals surface area contributed by atoms with E-state index in [1.807, 2.05) is 20.8 Å². The quantitative estimate of drug-likeness (QED) is 0.576. The lowest BCUT2D eigenvalue weighted by atomic mass is 10.1. The third-order valence-corrected chi connectivity index (χ3v) is 5.94. The first kappa shape index (κ1) is 24.3. The number of carbonyl (C=O) groups is 2. The number of carbonyl (C=O) groups excluding carboxylic acids is 2. The minimum Gasteiger partial charge on any atom is -0.484 e. The highest BCUT2D eigenvalue weighted by Crippen LogP contribution is 2.27. The molecule has 1 atom stereocenters. The van der Waals surface area contributed by atoms with Crippen molar-refractivity contribution in [2.24, 2.45) is 0 Å². The van der Waals surface area contributed by atoms with Crippen LogP contribution in [0.15, 0.2) is 30.3 Å². The van der Waals surface area contributed by atoms with Gasteiger partial charge in [-0.05, 0) is 61.2 Å². The number of amides is 2. The van der Waals surface area contributed by atoms with Crippen molar-refractivity contribution in [2.45, 2.75) is 39.8 Å². The summed E-state index contributed by atoms with van der Waals surface area (Å²) in [7, 11) is 1.54. The van der Waals surface area contributed by atoms with Crippen LogP contribution in [0.4, 0.5) is 0 Å². The highest BCUT2D eigenvalue weighted by molar-refractivity contribution is 6.35. The van der Waals surface area contributed by atoms with E-state index in [0.717, 1.165) is 11.1 Å². The number of nitrogens with zero attached hydrogens (tertiary/aromatic N) is 1. The summed E-state index contributed by atoms with van der Waals surface area (Å²) in [5, 5.41) is 4.20. The van der Waals surface area contributed by atoms with Crippen molar-refractivity contribution in [2.75, 3.05) is 13.7 Å². The average molecular weight is 472 g/mol. The maximum absolute atomic E-state index is 13.1. The smallest absolute Gasteiger partial charge is 0.261 e. The Labute approximate surface area is 192 Å². The standard InChI is InChI=1S/C22H25Cl3N2O3/c1-5-19(22(29)26-4)27(11-15-6-7-16(23)10-18(15)24)20(28)12-30-17-8-13(2)21(25)14(3)9-17/h6-10,19H,5,11-12H2,1-4H3,(H,26,29)/t19-/m0/s1. The minimum atomic E-state index is -0.661. The topological polar surface area (TPSA) is 58.6 Å². The van der Waals surface area contributed by atoms with Crippen molar-refractivity contribution >= 4 is 46.6 Å². The molecule has 0 radical (unpaired) electrons. The van der Waals surface area contributed by atoms with Gasteiger partial charge in [-0.2, -0.15) is 0 Å². The van der Waals surface area contributed by atoms with E-state index in [4.69, 9.17) is 39.5 Å². The maximum Gasteiger partial charge on any atom is 0.261 e. The van der Waals surface area contributed by atoms with Crippen LogP contribution in [0.2, 0.25) is 15.1 Å². The largest absolute Gasteiger partial charge is 0.484 e. The summed E-state index contributed by atoms with van der Waals surface area (Å²) in [4.78, 5) is 27.0. The van der Waals surface area contributed by atoms with E-state index < -0.39 is 6.04 Å². The van der Waals surface area contributed by atoms with Crippen LogP contribution in [0.1, 0.15) is 30.0 Å². The molecule has 0 aliphatic rings. The predicted molar refractivity (Wildman–Crippen MR) is 122 cm³/mol. The number of halogens is 3.